The smallest absolute Gasteiger partial charge is 0.207 e. The number of unbranched alkanes of at least 4 members (excludes halogenated alkanes) is 1. The number of hydrogen-bond acceptors (Lipinski definition) is 2. The van der Waals surface area contributed by atoms with E-state index in [2.05, 4.69) is 10.6 Å². The fraction of sp³-hybridized carbons (Fsp3) is 0.889. The van der Waals surface area contributed by atoms with Crippen molar-refractivity contribution in [1.82, 2.24) is 10.6 Å². The molecule has 2 N–H and O–H groups in total. The summed E-state index contributed by atoms with van der Waals surface area (Å²) in [6.45, 7) is 3.22. The Hall–Kier alpha value is -0.570. The van der Waals surface area contributed by atoms with Gasteiger partial charge in [0, 0.05) is 6.54 Å². The molecule has 1 heterocycles. The molecule has 1 amide bonds. The SMILES string of the molecule is O=CNCCCCC1CCNC1. The van der Waals surface area contributed by atoms with E-state index in [1.54, 1.807) is 0 Å². The van der Waals surface area contributed by atoms with Gasteiger partial charge in [-0.3, -0.25) is 4.79 Å². The lowest BCUT2D eigenvalue weighted by Gasteiger charge is -2.06. The van der Waals surface area contributed by atoms with Gasteiger partial charge in [0.2, 0.25) is 6.41 Å². The van der Waals surface area contributed by atoms with Crippen molar-refractivity contribution in [3.63, 3.8) is 0 Å². The molecule has 0 aromatic carbocycles. The largest absolute Gasteiger partial charge is 0.359 e. The number of carbonyl (C=O) groups is 1. The molecule has 0 spiro atoms. The molecule has 1 atom stereocenters. The first kappa shape index (κ1) is 9.52. The van der Waals surface area contributed by atoms with Crippen LogP contribution in [0, 0.1) is 5.92 Å². The van der Waals surface area contributed by atoms with Crippen molar-refractivity contribution in [3.05, 3.63) is 0 Å². The summed E-state index contributed by atoms with van der Waals surface area (Å²) in [6.07, 6.45) is 5.79. The van der Waals surface area contributed by atoms with Crippen molar-refractivity contribution in [3.8, 4) is 0 Å². The lowest BCUT2D eigenvalue weighted by Crippen LogP contribution is -2.13. The van der Waals surface area contributed by atoms with E-state index in [0.29, 0.717) is 0 Å². The van der Waals surface area contributed by atoms with E-state index in [1.807, 2.05) is 0 Å². The highest BCUT2D eigenvalue weighted by Gasteiger charge is 2.12. The van der Waals surface area contributed by atoms with Crippen molar-refractivity contribution in [1.29, 1.82) is 0 Å². The maximum absolute atomic E-state index is 9.90. The van der Waals surface area contributed by atoms with E-state index in [1.165, 1.54) is 32.4 Å². The van der Waals surface area contributed by atoms with Crippen molar-refractivity contribution in [2.24, 2.45) is 5.92 Å². The van der Waals surface area contributed by atoms with E-state index in [4.69, 9.17) is 0 Å². The first-order chi connectivity index (χ1) is 5.93. The van der Waals surface area contributed by atoms with Crippen LogP contribution in [0.2, 0.25) is 0 Å². The summed E-state index contributed by atoms with van der Waals surface area (Å²) in [4.78, 5) is 9.90. The Balaban J connectivity index is 1.84. The minimum Gasteiger partial charge on any atom is -0.359 e. The topological polar surface area (TPSA) is 41.1 Å². The van der Waals surface area contributed by atoms with Gasteiger partial charge in [-0.2, -0.15) is 0 Å². The van der Waals surface area contributed by atoms with E-state index >= 15 is 0 Å². The van der Waals surface area contributed by atoms with Crippen molar-refractivity contribution in [2.45, 2.75) is 25.7 Å². The minimum absolute atomic E-state index is 0.775. The minimum atomic E-state index is 0.775. The van der Waals surface area contributed by atoms with Crippen LogP contribution in [0.4, 0.5) is 0 Å². The van der Waals surface area contributed by atoms with Gasteiger partial charge in [-0.1, -0.05) is 6.42 Å². The highest BCUT2D eigenvalue weighted by Crippen LogP contribution is 2.14. The highest BCUT2D eigenvalue weighted by molar-refractivity contribution is 5.45. The van der Waals surface area contributed by atoms with Crippen molar-refractivity contribution in [2.75, 3.05) is 19.6 Å². The Kier molecular flexibility index (Phi) is 4.76. The second-order valence-corrected chi connectivity index (χ2v) is 3.43. The molecule has 0 bridgehead atoms. The van der Waals surface area contributed by atoms with Gasteiger partial charge in [-0.25, -0.2) is 0 Å². The van der Waals surface area contributed by atoms with Crippen molar-refractivity contribution >= 4 is 6.41 Å². The molecule has 70 valence electrons. The zero-order valence-electron chi connectivity index (χ0n) is 7.51. The molecule has 0 aromatic heterocycles. The van der Waals surface area contributed by atoms with Crippen LogP contribution in [0.15, 0.2) is 0 Å². The summed E-state index contributed by atoms with van der Waals surface area (Å²) in [5, 5.41) is 6.03. The zero-order valence-corrected chi connectivity index (χ0v) is 7.51. The summed E-state index contributed by atoms with van der Waals surface area (Å²) >= 11 is 0. The summed E-state index contributed by atoms with van der Waals surface area (Å²) in [5.41, 5.74) is 0. The fourth-order valence-corrected chi connectivity index (χ4v) is 1.68. The molecule has 12 heavy (non-hydrogen) atoms. The molecule has 1 aliphatic rings. The fourth-order valence-electron chi connectivity index (χ4n) is 1.68. The molecule has 1 fully saturated rings. The summed E-state index contributed by atoms with van der Waals surface area (Å²) in [5.74, 6) is 0.890. The zero-order chi connectivity index (χ0) is 8.65. The third-order valence-electron chi connectivity index (χ3n) is 2.43. The molecule has 1 saturated heterocycles. The van der Waals surface area contributed by atoms with E-state index < -0.39 is 0 Å². The molecule has 1 unspecified atom stereocenters. The highest BCUT2D eigenvalue weighted by atomic mass is 16.1. The predicted octanol–water partition coefficient (Wildman–Crippen LogP) is 0.512. The average Bonchev–Trinajstić information content (AvgIpc) is 2.57. The monoisotopic (exact) mass is 170 g/mol. The lowest BCUT2D eigenvalue weighted by atomic mass is 10.0. The molecule has 1 rings (SSSR count). The standard InChI is InChI=1S/C9H18N2O/c12-8-11-5-2-1-3-9-4-6-10-7-9/h8-10H,1-7H2,(H,11,12). The van der Waals surface area contributed by atoms with Gasteiger partial charge in [0.25, 0.3) is 0 Å². The molecule has 0 aliphatic carbocycles. The Morgan fingerprint density at radius 2 is 2.42 bits per heavy atom. The maximum Gasteiger partial charge on any atom is 0.207 e. The normalized spacial score (nSPS) is 22.5. The Bertz CT molecular complexity index is 122. The number of carbonyl (C=O) groups excluding carboxylic acids is 1. The molecule has 1 aliphatic heterocycles. The summed E-state index contributed by atoms with van der Waals surface area (Å²) < 4.78 is 0. The van der Waals surface area contributed by atoms with Crippen LogP contribution in [-0.4, -0.2) is 26.0 Å². The van der Waals surface area contributed by atoms with Gasteiger partial charge in [-0.15, -0.1) is 0 Å². The third kappa shape index (κ3) is 3.72. The van der Waals surface area contributed by atoms with Crippen LogP contribution in [0.1, 0.15) is 25.7 Å². The quantitative estimate of drug-likeness (QED) is 0.450. The maximum atomic E-state index is 9.90. The van der Waals surface area contributed by atoms with Gasteiger partial charge < -0.3 is 10.6 Å². The van der Waals surface area contributed by atoms with E-state index in [9.17, 15) is 4.79 Å². The number of hydrogen-bond donors (Lipinski definition) is 2. The molecule has 0 aromatic rings. The van der Waals surface area contributed by atoms with Gasteiger partial charge in [0.15, 0.2) is 0 Å². The predicted molar refractivity (Wildman–Crippen MR) is 48.9 cm³/mol. The number of nitrogens with one attached hydrogen (secondary N) is 2. The van der Waals surface area contributed by atoms with Crippen LogP contribution in [0.5, 0.6) is 0 Å². The van der Waals surface area contributed by atoms with Crippen LogP contribution in [-0.2, 0) is 4.79 Å². The van der Waals surface area contributed by atoms with Gasteiger partial charge in [0.05, 0.1) is 0 Å². The van der Waals surface area contributed by atoms with Crippen molar-refractivity contribution < 1.29 is 4.79 Å². The molecular formula is C9H18N2O. The molecular weight excluding hydrogens is 152 g/mol. The Morgan fingerprint density at radius 1 is 1.50 bits per heavy atom. The van der Waals surface area contributed by atoms with E-state index in [-0.39, 0.29) is 0 Å². The average molecular weight is 170 g/mol. The molecule has 0 saturated carbocycles. The van der Waals surface area contributed by atoms with Crippen LogP contribution in [0.3, 0.4) is 0 Å². The second kappa shape index (κ2) is 6.00. The van der Waals surface area contributed by atoms with E-state index in [0.717, 1.165) is 25.3 Å². The molecule has 3 nitrogen and oxygen atoms in total. The molecule has 0 radical (unpaired) electrons. The Labute approximate surface area is 73.9 Å². The first-order valence-corrected chi connectivity index (χ1v) is 4.81. The van der Waals surface area contributed by atoms with Gasteiger partial charge >= 0.3 is 0 Å². The first-order valence-electron chi connectivity index (χ1n) is 4.81. The summed E-state index contributed by atoms with van der Waals surface area (Å²) in [6, 6.07) is 0. The summed E-state index contributed by atoms with van der Waals surface area (Å²) in [7, 11) is 0. The van der Waals surface area contributed by atoms with Gasteiger partial charge in [0.1, 0.15) is 0 Å². The molecule has 3 heteroatoms. The van der Waals surface area contributed by atoms with Gasteiger partial charge in [-0.05, 0) is 38.3 Å². The number of rotatable bonds is 6. The third-order valence-corrected chi connectivity index (χ3v) is 2.43. The van der Waals surface area contributed by atoms with Crippen LogP contribution >= 0.6 is 0 Å². The second-order valence-electron chi connectivity index (χ2n) is 3.43. The lowest BCUT2D eigenvalue weighted by molar-refractivity contribution is -0.109. The van der Waals surface area contributed by atoms with Crippen LogP contribution in [0.25, 0.3) is 0 Å². The van der Waals surface area contributed by atoms with Crippen LogP contribution < -0.4 is 10.6 Å². The Morgan fingerprint density at radius 3 is 3.08 bits per heavy atom. The number of amides is 1.